The van der Waals surface area contributed by atoms with Crippen molar-refractivity contribution < 1.29 is 23.9 Å². The number of hydrogen-bond acceptors (Lipinski definition) is 6. The van der Waals surface area contributed by atoms with Crippen LogP contribution >= 0.6 is 0 Å². The normalized spacial score (nSPS) is 22.8. The zero-order valence-corrected chi connectivity index (χ0v) is 25.8. The highest BCUT2D eigenvalue weighted by molar-refractivity contribution is 5.94. The summed E-state index contributed by atoms with van der Waals surface area (Å²) in [5.41, 5.74) is 7.36. The molecule has 0 saturated carbocycles. The van der Waals surface area contributed by atoms with Gasteiger partial charge in [-0.15, -0.1) is 0 Å². The second-order valence-electron chi connectivity index (χ2n) is 12.7. The number of benzene rings is 2. The van der Waals surface area contributed by atoms with Gasteiger partial charge < -0.3 is 26.0 Å². The summed E-state index contributed by atoms with van der Waals surface area (Å²) in [7, 11) is 0. The Bertz CT molecular complexity index is 1220. The number of fused-ring (bicyclic) bond motifs is 1. The maximum atomic E-state index is 14.2. The van der Waals surface area contributed by atoms with E-state index in [9.17, 15) is 19.2 Å². The van der Waals surface area contributed by atoms with Gasteiger partial charge in [0.25, 0.3) is 0 Å². The van der Waals surface area contributed by atoms with Gasteiger partial charge in [0.1, 0.15) is 17.7 Å². The van der Waals surface area contributed by atoms with Crippen LogP contribution < -0.4 is 16.4 Å². The van der Waals surface area contributed by atoms with E-state index in [0.717, 1.165) is 11.1 Å². The third-order valence-corrected chi connectivity index (χ3v) is 8.52. The maximum Gasteiger partial charge on any atom is 0.307 e. The van der Waals surface area contributed by atoms with E-state index in [4.69, 9.17) is 10.5 Å². The minimum Gasteiger partial charge on any atom is -0.460 e. The Morgan fingerprint density at radius 2 is 1.53 bits per heavy atom. The summed E-state index contributed by atoms with van der Waals surface area (Å²) in [5.74, 6) is -2.26. The van der Waals surface area contributed by atoms with Gasteiger partial charge in [0.05, 0.1) is 12.5 Å². The molecule has 0 unspecified atom stereocenters. The molecule has 2 aliphatic heterocycles. The van der Waals surface area contributed by atoms with E-state index in [1.807, 2.05) is 67.6 Å². The minimum absolute atomic E-state index is 0.0778. The average Bonchev–Trinajstić information content (AvgIpc) is 3.36. The number of nitrogens with zero attached hydrogens (tertiary/aromatic N) is 1. The van der Waals surface area contributed by atoms with Gasteiger partial charge in [-0.05, 0) is 70.5 Å². The van der Waals surface area contributed by atoms with Gasteiger partial charge in [0, 0.05) is 17.9 Å². The Hall–Kier alpha value is -3.72. The van der Waals surface area contributed by atoms with Crippen molar-refractivity contribution in [3.63, 3.8) is 0 Å². The van der Waals surface area contributed by atoms with Crippen LogP contribution in [-0.4, -0.2) is 58.9 Å². The number of amides is 3. The Morgan fingerprint density at radius 1 is 0.953 bits per heavy atom. The molecule has 2 heterocycles. The number of carbonyl (C=O) groups excluding carboxylic acids is 4. The molecule has 0 aliphatic carbocycles. The van der Waals surface area contributed by atoms with Crippen molar-refractivity contribution in [2.45, 2.75) is 96.0 Å². The number of esters is 1. The smallest absolute Gasteiger partial charge is 0.307 e. The second-order valence-corrected chi connectivity index (χ2v) is 12.7. The van der Waals surface area contributed by atoms with Crippen molar-refractivity contribution in [3.05, 3.63) is 71.8 Å². The molecule has 5 atom stereocenters. The van der Waals surface area contributed by atoms with E-state index in [0.29, 0.717) is 32.1 Å². The highest BCUT2D eigenvalue weighted by Gasteiger charge is 2.47. The molecule has 2 aromatic rings. The monoisotopic (exact) mass is 590 g/mol. The Balaban J connectivity index is 1.53. The van der Waals surface area contributed by atoms with Crippen LogP contribution in [0.2, 0.25) is 0 Å². The third-order valence-electron chi connectivity index (χ3n) is 8.52. The van der Waals surface area contributed by atoms with Crippen LogP contribution in [0, 0.1) is 11.8 Å². The first-order chi connectivity index (χ1) is 20.5. The van der Waals surface area contributed by atoms with Gasteiger partial charge in [0.15, 0.2) is 0 Å². The standard InChI is InChI=1S/C34H46N4O5/c1-5-22(20-28(39)43-34(2,3)4)31(40)37-30-25(21-35)16-17-26-18-19-27(38(26)33(30)42)32(41)36-29(23-12-8-6-9-13-23)24-14-10-7-11-15-24/h6-15,22,25-27,29-30H,5,16-21,35H2,1-4H3,(H,36,41)(H,37,40)/t22-,25-,26+,27+,30+/m1/s1. The highest BCUT2D eigenvalue weighted by atomic mass is 16.6. The van der Waals surface area contributed by atoms with Crippen molar-refractivity contribution >= 4 is 23.7 Å². The maximum absolute atomic E-state index is 14.2. The van der Waals surface area contributed by atoms with Crippen LogP contribution in [0.4, 0.5) is 0 Å². The molecule has 4 N–H and O–H groups in total. The van der Waals surface area contributed by atoms with Gasteiger partial charge in [-0.1, -0.05) is 67.6 Å². The van der Waals surface area contributed by atoms with Crippen molar-refractivity contribution in [3.8, 4) is 0 Å². The lowest BCUT2D eigenvalue weighted by Crippen LogP contribution is -2.57. The topological polar surface area (TPSA) is 131 Å². The molecule has 2 aliphatic rings. The molecule has 4 rings (SSSR count). The van der Waals surface area contributed by atoms with Gasteiger partial charge in [-0.2, -0.15) is 0 Å². The summed E-state index contributed by atoms with van der Waals surface area (Å²) < 4.78 is 5.43. The summed E-state index contributed by atoms with van der Waals surface area (Å²) in [4.78, 5) is 55.7. The van der Waals surface area contributed by atoms with Crippen molar-refractivity contribution in [2.24, 2.45) is 17.6 Å². The Labute approximate surface area is 254 Å². The number of carbonyl (C=O) groups is 4. The molecule has 0 aromatic heterocycles. The van der Waals surface area contributed by atoms with Crippen molar-refractivity contribution in [2.75, 3.05) is 6.54 Å². The zero-order chi connectivity index (χ0) is 31.1. The number of nitrogens with one attached hydrogen (secondary N) is 2. The van der Waals surface area contributed by atoms with Gasteiger partial charge in [-0.25, -0.2) is 0 Å². The summed E-state index contributed by atoms with van der Waals surface area (Å²) in [5, 5.41) is 6.16. The number of ether oxygens (including phenoxy) is 1. The first kappa shape index (κ1) is 32.2. The summed E-state index contributed by atoms with van der Waals surface area (Å²) in [6, 6.07) is 17.5. The highest BCUT2D eigenvalue weighted by Crippen LogP contribution is 2.35. The molecule has 2 saturated heterocycles. The van der Waals surface area contributed by atoms with Gasteiger partial charge in [0.2, 0.25) is 17.7 Å². The lowest BCUT2D eigenvalue weighted by molar-refractivity contribution is -0.157. The fourth-order valence-corrected chi connectivity index (χ4v) is 6.29. The molecule has 0 radical (unpaired) electrons. The Morgan fingerprint density at radius 3 is 2.07 bits per heavy atom. The number of hydrogen-bond donors (Lipinski definition) is 3. The SMILES string of the molecule is CC[C@H](CC(=O)OC(C)(C)C)C(=O)N[C@@H]1C(=O)N2[C@@H](CC[C@@H]1CN)CC[C@H]2C(=O)NC(c1ccccc1)c1ccccc1. The van der Waals surface area contributed by atoms with Crippen molar-refractivity contribution in [1.82, 2.24) is 15.5 Å². The van der Waals surface area contributed by atoms with Gasteiger partial charge in [-0.3, -0.25) is 19.2 Å². The summed E-state index contributed by atoms with van der Waals surface area (Å²) in [6.45, 7) is 7.40. The Kier molecular flexibility index (Phi) is 10.6. The van der Waals surface area contributed by atoms with Crippen LogP contribution in [0.3, 0.4) is 0 Å². The molecular weight excluding hydrogens is 544 g/mol. The van der Waals surface area contributed by atoms with Crippen LogP contribution in [0.15, 0.2) is 60.7 Å². The van der Waals surface area contributed by atoms with E-state index >= 15 is 0 Å². The molecule has 0 bridgehead atoms. The molecule has 9 heteroatoms. The first-order valence-corrected chi connectivity index (χ1v) is 15.5. The van der Waals surface area contributed by atoms with Crippen LogP contribution in [0.1, 0.15) is 83.4 Å². The van der Waals surface area contributed by atoms with Crippen molar-refractivity contribution in [1.29, 1.82) is 0 Å². The molecule has 2 fully saturated rings. The molecule has 3 amide bonds. The molecule has 43 heavy (non-hydrogen) atoms. The predicted octanol–water partition coefficient (Wildman–Crippen LogP) is 3.86. The second kappa shape index (κ2) is 14.2. The van der Waals surface area contributed by atoms with Crippen LogP contribution in [0.5, 0.6) is 0 Å². The van der Waals surface area contributed by atoms with Gasteiger partial charge >= 0.3 is 5.97 Å². The quantitative estimate of drug-likeness (QED) is 0.360. The fraction of sp³-hybridized carbons (Fsp3) is 0.529. The summed E-state index contributed by atoms with van der Waals surface area (Å²) in [6.07, 6.45) is 2.95. The fourth-order valence-electron chi connectivity index (χ4n) is 6.29. The van der Waals surface area contributed by atoms with Crippen LogP contribution in [-0.2, 0) is 23.9 Å². The first-order valence-electron chi connectivity index (χ1n) is 15.5. The zero-order valence-electron chi connectivity index (χ0n) is 25.8. The van der Waals surface area contributed by atoms with E-state index in [2.05, 4.69) is 10.6 Å². The lowest BCUT2D eigenvalue weighted by Gasteiger charge is -2.33. The predicted molar refractivity (Wildman–Crippen MR) is 164 cm³/mol. The molecule has 9 nitrogen and oxygen atoms in total. The minimum atomic E-state index is -0.873. The summed E-state index contributed by atoms with van der Waals surface area (Å²) >= 11 is 0. The number of rotatable bonds is 10. The lowest BCUT2D eigenvalue weighted by atomic mass is 9.92. The van der Waals surface area contributed by atoms with E-state index in [1.54, 1.807) is 25.7 Å². The molecule has 232 valence electrons. The van der Waals surface area contributed by atoms with Crippen LogP contribution in [0.25, 0.3) is 0 Å². The average molecular weight is 591 g/mol. The molecular formula is C34H46N4O5. The van der Waals surface area contributed by atoms with E-state index < -0.39 is 29.6 Å². The molecule has 2 aromatic carbocycles. The number of nitrogens with two attached hydrogens (primary N) is 1. The third kappa shape index (κ3) is 8.02. The largest absolute Gasteiger partial charge is 0.460 e. The molecule has 0 spiro atoms. The van der Waals surface area contributed by atoms with E-state index in [-0.39, 0.29) is 48.7 Å². The van der Waals surface area contributed by atoms with E-state index in [1.165, 1.54) is 0 Å².